The molecule has 0 aromatic heterocycles. The third-order valence-electron chi connectivity index (χ3n) is 3.12. The van der Waals surface area contributed by atoms with Crippen LogP contribution in [0.2, 0.25) is 10.0 Å². The third-order valence-corrected chi connectivity index (χ3v) is 3.75. The van der Waals surface area contributed by atoms with E-state index < -0.39 is 11.8 Å². The molecule has 2 rings (SSSR count). The Balaban J connectivity index is 2.29. The molecule has 0 N–H and O–H groups in total. The summed E-state index contributed by atoms with van der Waals surface area (Å²) in [6.45, 7) is 2.21. The van der Waals surface area contributed by atoms with Gasteiger partial charge in [0, 0.05) is 5.56 Å². The molecule has 24 heavy (non-hydrogen) atoms. The molecule has 0 amide bonds. The molecule has 0 radical (unpaired) electrons. The number of rotatable bonds is 6. The van der Waals surface area contributed by atoms with E-state index >= 15 is 0 Å². The van der Waals surface area contributed by atoms with Crippen molar-refractivity contribution < 1.29 is 23.4 Å². The maximum atomic E-state index is 13.1. The minimum atomic E-state index is -0.536. The van der Waals surface area contributed by atoms with Crippen molar-refractivity contribution in [1.82, 2.24) is 0 Å². The van der Waals surface area contributed by atoms with E-state index in [4.69, 9.17) is 32.7 Å². The fourth-order valence-electron chi connectivity index (χ4n) is 2.00. The van der Waals surface area contributed by atoms with Crippen molar-refractivity contribution in [2.45, 2.75) is 13.5 Å². The molecule has 0 heterocycles. The highest BCUT2D eigenvalue weighted by atomic mass is 35.5. The third kappa shape index (κ3) is 4.30. The summed E-state index contributed by atoms with van der Waals surface area (Å²) in [5, 5.41) is 0.440. The monoisotopic (exact) mass is 372 g/mol. The minimum Gasteiger partial charge on any atom is -0.490 e. The van der Waals surface area contributed by atoms with Gasteiger partial charge in [0.1, 0.15) is 12.4 Å². The van der Waals surface area contributed by atoms with Gasteiger partial charge in [0.15, 0.2) is 11.5 Å². The lowest BCUT2D eigenvalue weighted by Crippen LogP contribution is -2.05. The smallest absolute Gasteiger partial charge is 0.338 e. The van der Waals surface area contributed by atoms with Crippen LogP contribution in [0.3, 0.4) is 0 Å². The number of benzene rings is 2. The van der Waals surface area contributed by atoms with E-state index in [2.05, 4.69) is 4.74 Å². The topological polar surface area (TPSA) is 44.8 Å². The Morgan fingerprint density at radius 3 is 2.50 bits per heavy atom. The second kappa shape index (κ2) is 8.22. The first-order valence-corrected chi connectivity index (χ1v) is 7.83. The van der Waals surface area contributed by atoms with Crippen LogP contribution in [0.25, 0.3) is 0 Å². The molecule has 0 aliphatic rings. The first kappa shape index (κ1) is 18.4. The van der Waals surface area contributed by atoms with Crippen LogP contribution in [0.4, 0.5) is 4.39 Å². The first-order valence-electron chi connectivity index (χ1n) is 7.07. The van der Waals surface area contributed by atoms with Gasteiger partial charge < -0.3 is 14.2 Å². The highest BCUT2D eigenvalue weighted by Crippen LogP contribution is 2.37. The molecule has 0 unspecified atom stereocenters. The van der Waals surface area contributed by atoms with E-state index in [1.165, 1.54) is 37.4 Å². The minimum absolute atomic E-state index is 0.0660. The predicted molar refractivity (Wildman–Crippen MR) is 89.7 cm³/mol. The summed E-state index contributed by atoms with van der Waals surface area (Å²) in [5.74, 6) is -0.389. The number of methoxy groups -OCH3 is 1. The second-order valence-corrected chi connectivity index (χ2v) is 5.55. The van der Waals surface area contributed by atoms with Gasteiger partial charge >= 0.3 is 5.97 Å². The van der Waals surface area contributed by atoms with Crippen molar-refractivity contribution in [2.75, 3.05) is 13.7 Å². The Hall–Kier alpha value is -1.98. The molecule has 0 atom stereocenters. The first-order chi connectivity index (χ1) is 11.5. The van der Waals surface area contributed by atoms with Gasteiger partial charge in [0.05, 0.1) is 29.3 Å². The number of halogens is 3. The van der Waals surface area contributed by atoms with Gasteiger partial charge in [-0.25, -0.2) is 9.18 Å². The zero-order chi connectivity index (χ0) is 17.7. The number of hydrogen-bond acceptors (Lipinski definition) is 4. The van der Waals surface area contributed by atoms with E-state index in [9.17, 15) is 9.18 Å². The Morgan fingerprint density at radius 1 is 1.12 bits per heavy atom. The molecule has 2 aromatic rings. The van der Waals surface area contributed by atoms with Gasteiger partial charge in [-0.1, -0.05) is 29.3 Å². The fourth-order valence-corrected chi connectivity index (χ4v) is 2.48. The molecule has 0 spiro atoms. The Kier molecular flexibility index (Phi) is 6.29. The number of carbonyl (C=O) groups is 1. The van der Waals surface area contributed by atoms with Crippen molar-refractivity contribution in [3.63, 3.8) is 0 Å². The number of carbonyl (C=O) groups excluding carboxylic acids is 1. The maximum Gasteiger partial charge on any atom is 0.338 e. The summed E-state index contributed by atoms with van der Waals surface area (Å²) in [7, 11) is 1.28. The molecule has 0 bridgehead atoms. The molecule has 7 heteroatoms. The van der Waals surface area contributed by atoms with Gasteiger partial charge in [-0.05, 0) is 31.2 Å². The summed E-state index contributed by atoms with van der Waals surface area (Å²) in [5.41, 5.74) is 0.840. The van der Waals surface area contributed by atoms with Crippen LogP contribution in [0.15, 0.2) is 30.3 Å². The average Bonchev–Trinajstić information content (AvgIpc) is 2.55. The lowest BCUT2D eigenvalue weighted by molar-refractivity contribution is 0.0600. The summed E-state index contributed by atoms with van der Waals surface area (Å²) >= 11 is 12.2. The van der Waals surface area contributed by atoms with Crippen molar-refractivity contribution in [3.8, 4) is 11.5 Å². The fraction of sp³-hybridized carbons (Fsp3) is 0.235. The van der Waals surface area contributed by atoms with E-state index in [0.717, 1.165) is 0 Å². The van der Waals surface area contributed by atoms with Gasteiger partial charge in [-0.3, -0.25) is 0 Å². The molecule has 0 saturated heterocycles. The van der Waals surface area contributed by atoms with Crippen LogP contribution in [-0.4, -0.2) is 19.7 Å². The Bertz CT molecular complexity index is 750. The summed E-state index contributed by atoms with van der Waals surface area (Å²) < 4.78 is 28.9. The van der Waals surface area contributed by atoms with Crippen LogP contribution in [0.5, 0.6) is 11.5 Å². The van der Waals surface area contributed by atoms with Crippen molar-refractivity contribution in [2.24, 2.45) is 0 Å². The Morgan fingerprint density at radius 2 is 1.88 bits per heavy atom. The molecule has 0 aliphatic heterocycles. The number of hydrogen-bond donors (Lipinski definition) is 0. The van der Waals surface area contributed by atoms with Crippen LogP contribution in [0, 0.1) is 5.82 Å². The molecule has 2 aromatic carbocycles. The SMILES string of the molecule is CCOc1cc(C(=O)OC)cc(Cl)c1OCc1ccc(F)cc1Cl. The van der Waals surface area contributed by atoms with Crippen molar-refractivity contribution in [3.05, 3.63) is 57.3 Å². The molecular weight excluding hydrogens is 358 g/mol. The van der Waals surface area contributed by atoms with E-state index in [0.29, 0.717) is 17.9 Å². The van der Waals surface area contributed by atoms with E-state index in [1.807, 2.05) is 0 Å². The Labute approximate surface area is 149 Å². The van der Waals surface area contributed by atoms with Gasteiger partial charge in [-0.2, -0.15) is 0 Å². The number of ether oxygens (including phenoxy) is 3. The summed E-state index contributed by atoms with van der Waals surface area (Å²) in [6.07, 6.45) is 0. The van der Waals surface area contributed by atoms with Gasteiger partial charge in [0.25, 0.3) is 0 Å². The normalized spacial score (nSPS) is 10.4. The molecule has 0 aliphatic carbocycles. The quantitative estimate of drug-likeness (QED) is 0.676. The van der Waals surface area contributed by atoms with Crippen LogP contribution in [0.1, 0.15) is 22.8 Å². The zero-order valence-electron chi connectivity index (χ0n) is 13.1. The standard InChI is InChI=1S/C17H15Cl2FO4/c1-3-23-15-7-11(17(21)22-2)6-14(19)16(15)24-9-10-4-5-12(20)8-13(10)18/h4-8H,3,9H2,1-2H3. The highest BCUT2D eigenvalue weighted by molar-refractivity contribution is 6.32. The zero-order valence-corrected chi connectivity index (χ0v) is 14.6. The molecule has 0 fully saturated rings. The van der Waals surface area contributed by atoms with Crippen molar-refractivity contribution >= 4 is 29.2 Å². The van der Waals surface area contributed by atoms with Crippen LogP contribution in [-0.2, 0) is 11.3 Å². The molecule has 128 valence electrons. The van der Waals surface area contributed by atoms with Gasteiger partial charge in [-0.15, -0.1) is 0 Å². The molecule has 0 saturated carbocycles. The lowest BCUT2D eigenvalue weighted by Gasteiger charge is -2.15. The maximum absolute atomic E-state index is 13.1. The average molecular weight is 373 g/mol. The van der Waals surface area contributed by atoms with Crippen LogP contribution < -0.4 is 9.47 Å². The van der Waals surface area contributed by atoms with Gasteiger partial charge in [0.2, 0.25) is 0 Å². The summed E-state index contributed by atoms with van der Waals surface area (Å²) in [6, 6.07) is 6.93. The van der Waals surface area contributed by atoms with Crippen LogP contribution >= 0.6 is 23.2 Å². The second-order valence-electron chi connectivity index (χ2n) is 4.73. The van der Waals surface area contributed by atoms with E-state index in [-0.39, 0.29) is 28.0 Å². The predicted octanol–water partition coefficient (Wildman–Crippen LogP) is 4.90. The largest absolute Gasteiger partial charge is 0.490 e. The lowest BCUT2D eigenvalue weighted by atomic mass is 10.2. The molecule has 4 nitrogen and oxygen atoms in total. The summed E-state index contributed by atoms with van der Waals surface area (Å²) in [4.78, 5) is 11.7. The number of esters is 1. The van der Waals surface area contributed by atoms with Crippen molar-refractivity contribution in [1.29, 1.82) is 0 Å². The highest BCUT2D eigenvalue weighted by Gasteiger charge is 2.17. The van der Waals surface area contributed by atoms with E-state index in [1.54, 1.807) is 6.92 Å². The molecular formula is C17H15Cl2FO4.